The summed E-state index contributed by atoms with van der Waals surface area (Å²) in [5.74, 6) is -1.36. The number of aromatic nitrogens is 1. The Balaban J connectivity index is 1.79. The maximum absolute atomic E-state index is 13.5. The van der Waals surface area contributed by atoms with Crippen molar-refractivity contribution in [2.45, 2.75) is 25.1 Å². The molecule has 1 heterocycles. The maximum atomic E-state index is 13.5. The largest absolute Gasteiger partial charge is 0.424 e. The van der Waals surface area contributed by atoms with Gasteiger partial charge in [0.05, 0.1) is 6.42 Å². The van der Waals surface area contributed by atoms with Gasteiger partial charge in [0.1, 0.15) is 5.01 Å². The molecule has 0 radical (unpaired) electrons. The molecule has 0 saturated heterocycles. The smallest absolute Gasteiger partial charge is 0.374 e. The second-order valence-electron chi connectivity index (χ2n) is 6.65. The van der Waals surface area contributed by atoms with Crippen molar-refractivity contribution in [2.24, 2.45) is 0 Å². The van der Waals surface area contributed by atoms with Crippen molar-refractivity contribution >= 4 is 28.7 Å². The third-order valence-corrected chi connectivity index (χ3v) is 5.41. The number of hydrogen-bond donors (Lipinski definition) is 2. The molecule has 0 aliphatic heterocycles. The minimum atomic E-state index is -5.10. The van der Waals surface area contributed by atoms with E-state index in [2.05, 4.69) is 10.3 Å². The summed E-state index contributed by atoms with van der Waals surface area (Å²) in [6, 6.07) is 14.3. The van der Waals surface area contributed by atoms with Gasteiger partial charge in [-0.25, -0.2) is 4.98 Å². The van der Waals surface area contributed by atoms with Crippen molar-refractivity contribution in [1.29, 1.82) is 0 Å². The number of aliphatic hydroxyl groups is 1. The van der Waals surface area contributed by atoms with E-state index in [4.69, 9.17) is 0 Å². The fourth-order valence-electron chi connectivity index (χ4n) is 2.77. The molecule has 0 spiro atoms. The number of carbonyl (C=O) groups excluding carboxylic acids is 2. The lowest BCUT2D eigenvalue weighted by Gasteiger charge is -2.27. The van der Waals surface area contributed by atoms with Gasteiger partial charge in [0.2, 0.25) is 11.5 Å². The number of alkyl halides is 3. The van der Waals surface area contributed by atoms with E-state index in [0.717, 1.165) is 0 Å². The Morgan fingerprint density at radius 2 is 1.73 bits per heavy atom. The maximum Gasteiger partial charge on any atom is 0.424 e. The molecule has 1 aromatic heterocycles. The number of aryl methyl sites for hydroxylation is 1. The van der Waals surface area contributed by atoms with Crippen molar-refractivity contribution in [3.63, 3.8) is 0 Å². The van der Waals surface area contributed by atoms with Gasteiger partial charge < -0.3 is 10.4 Å². The van der Waals surface area contributed by atoms with Gasteiger partial charge in [-0.3, -0.25) is 9.59 Å². The number of carbonyl (C=O) groups is 2. The topological polar surface area (TPSA) is 79.3 Å². The lowest BCUT2D eigenvalue weighted by molar-refractivity contribution is -0.266. The molecule has 0 saturated carbocycles. The number of halogens is 3. The highest BCUT2D eigenvalue weighted by atomic mass is 32.1. The quantitative estimate of drug-likeness (QED) is 0.562. The van der Waals surface area contributed by atoms with Crippen molar-refractivity contribution in [2.75, 3.05) is 5.32 Å². The molecule has 3 rings (SSSR count). The summed E-state index contributed by atoms with van der Waals surface area (Å²) in [7, 11) is 0. The number of hydrogen-bond acceptors (Lipinski definition) is 5. The zero-order valence-electron chi connectivity index (χ0n) is 15.7. The molecular formula is C21H17F3N2O3S. The van der Waals surface area contributed by atoms with E-state index in [-0.39, 0.29) is 17.0 Å². The van der Waals surface area contributed by atoms with Crippen molar-refractivity contribution in [3.8, 4) is 0 Å². The minimum Gasteiger partial charge on any atom is -0.374 e. The SMILES string of the molecule is Cc1csc(C(O)(CC(=O)Nc2cccc(C(=O)c3ccccc3)c2)C(F)(F)F)n1. The van der Waals surface area contributed by atoms with Crippen LogP contribution in [0.15, 0.2) is 60.0 Å². The fourth-order valence-corrected chi connectivity index (χ4v) is 3.69. The lowest BCUT2D eigenvalue weighted by Crippen LogP contribution is -2.45. The van der Waals surface area contributed by atoms with Gasteiger partial charge in [0.25, 0.3) is 0 Å². The Bertz CT molecular complexity index is 1070. The second kappa shape index (κ2) is 8.37. The van der Waals surface area contributed by atoms with Crippen LogP contribution >= 0.6 is 11.3 Å². The molecule has 0 bridgehead atoms. The second-order valence-corrected chi connectivity index (χ2v) is 7.51. The average molecular weight is 434 g/mol. The van der Waals surface area contributed by atoms with Crippen LogP contribution in [0.2, 0.25) is 0 Å². The summed E-state index contributed by atoms with van der Waals surface area (Å²) in [6.07, 6.45) is -6.36. The number of anilines is 1. The standard InChI is InChI=1S/C21H17F3N2O3S/c1-13-12-30-19(25-13)20(29,21(22,23)24)11-17(27)26-16-9-5-8-15(10-16)18(28)14-6-3-2-4-7-14/h2-10,12,29H,11H2,1H3,(H,26,27). The molecule has 2 aromatic carbocycles. The third kappa shape index (κ3) is 4.58. The molecule has 0 aliphatic rings. The first-order chi connectivity index (χ1) is 14.1. The molecule has 0 fully saturated rings. The van der Waals surface area contributed by atoms with E-state index in [9.17, 15) is 27.9 Å². The van der Waals surface area contributed by atoms with Crippen LogP contribution in [0, 0.1) is 6.92 Å². The number of nitrogens with one attached hydrogen (secondary N) is 1. The summed E-state index contributed by atoms with van der Waals surface area (Å²) in [5.41, 5.74) is -2.26. The van der Waals surface area contributed by atoms with Crippen LogP contribution in [0.5, 0.6) is 0 Å². The zero-order chi connectivity index (χ0) is 21.9. The molecule has 1 amide bonds. The molecule has 2 N–H and O–H groups in total. The summed E-state index contributed by atoms with van der Waals surface area (Å²) in [5, 5.41) is 13.4. The molecule has 9 heteroatoms. The summed E-state index contributed by atoms with van der Waals surface area (Å²) >= 11 is 0.630. The summed E-state index contributed by atoms with van der Waals surface area (Å²) < 4.78 is 40.6. The Morgan fingerprint density at radius 1 is 1.07 bits per heavy atom. The van der Waals surface area contributed by atoms with Gasteiger partial charge in [0, 0.05) is 27.9 Å². The van der Waals surface area contributed by atoms with E-state index in [0.29, 0.717) is 22.6 Å². The number of thiazole rings is 1. The van der Waals surface area contributed by atoms with Crippen LogP contribution < -0.4 is 5.32 Å². The molecule has 156 valence electrons. The minimum absolute atomic E-state index is 0.140. The van der Waals surface area contributed by atoms with Gasteiger partial charge in [-0.2, -0.15) is 13.2 Å². The van der Waals surface area contributed by atoms with Crippen LogP contribution in [-0.2, 0) is 10.4 Å². The highest BCUT2D eigenvalue weighted by Crippen LogP contribution is 2.43. The molecular weight excluding hydrogens is 417 g/mol. The average Bonchev–Trinajstić information content (AvgIpc) is 3.14. The van der Waals surface area contributed by atoms with Crippen LogP contribution in [0.4, 0.5) is 18.9 Å². The van der Waals surface area contributed by atoms with Gasteiger partial charge in [-0.15, -0.1) is 11.3 Å². The number of amides is 1. The number of nitrogens with zero attached hydrogens (tertiary/aromatic N) is 1. The summed E-state index contributed by atoms with van der Waals surface area (Å²) in [4.78, 5) is 28.6. The number of benzene rings is 2. The Kier molecular flexibility index (Phi) is 6.04. The van der Waals surface area contributed by atoms with Crippen LogP contribution in [-0.4, -0.2) is 28.0 Å². The van der Waals surface area contributed by atoms with E-state index >= 15 is 0 Å². The predicted molar refractivity (Wildman–Crippen MR) is 106 cm³/mol. The van der Waals surface area contributed by atoms with Crippen LogP contribution in [0.25, 0.3) is 0 Å². The molecule has 0 aliphatic carbocycles. The van der Waals surface area contributed by atoms with Crippen LogP contribution in [0.1, 0.15) is 33.0 Å². The van der Waals surface area contributed by atoms with Crippen molar-refractivity contribution < 1.29 is 27.9 Å². The Morgan fingerprint density at radius 3 is 2.33 bits per heavy atom. The lowest BCUT2D eigenvalue weighted by atomic mass is 9.99. The first-order valence-electron chi connectivity index (χ1n) is 8.81. The predicted octanol–water partition coefficient (Wildman–Crippen LogP) is 4.46. The third-order valence-electron chi connectivity index (χ3n) is 4.30. The molecule has 1 atom stereocenters. The van der Waals surface area contributed by atoms with E-state index in [1.54, 1.807) is 30.3 Å². The van der Waals surface area contributed by atoms with Crippen molar-refractivity contribution in [1.82, 2.24) is 4.98 Å². The van der Waals surface area contributed by atoms with Gasteiger partial charge in [0.15, 0.2) is 5.78 Å². The van der Waals surface area contributed by atoms with Crippen molar-refractivity contribution in [3.05, 3.63) is 81.8 Å². The molecule has 1 unspecified atom stereocenters. The first-order valence-corrected chi connectivity index (χ1v) is 9.69. The zero-order valence-corrected chi connectivity index (χ0v) is 16.6. The normalized spacial score (nSPS) is 13.5. The monoisotopic (exact) mass is 434 g/mol. The fraction of sp³-hybridized carbons (Fsp3) is 0.190. The molecule has 5 nitrogen and oxygen atoms in total. The first kappa shape index (κ1) is 21.7. The van der Waals surface area contributed by atoms with Gasteiger partial charge in [-0.05, 0) is 19.1 Å². The molecule has 3 aromatic rings. The Hall–Kier alpha value is -3.04. The van der Waals surface area contributed by atoms with Gasteiger partial charge in [-0.1, -0.05) is 42.5 Å². The van der Waals surface area contributed by atoms with E-state index < -0.39 is 29.1 Å². The number of rotatable bonds is 6. The highest BCUT2D eigenvalue weighted by Gasteiger charge is 2.58. The van der Waals surface area contributed by atoms with E-state index in [1.165, 1.54) is 36.6 Å². The van der Waals surface area contributed by atoms with Crippen LogP contribution in [0.3, 0.4) is 0 Å². The van der Waals surface area contributed by atoms with E-state index in [1.807, 2.05) is 0 Å². The number of ketones is 1. The summed E-state index contributed by atoms with van der Waals surface area (Å²) in [6.45, 7) is 1.49. The molecule has 30 heavy (non-hydrogen) atoms. The van der Waals surface area contributed by atoms with Gasteiger partial charge >= 0.3 is 6.18 Å². The highest BCUT2D eigenvalue weighted by molar-refractivity contribution is 7.09. The Labute approximate surface area is 174 Å².